The Kier molecular flexibility index (Phi) is 6.49. The molecule has 9 heteroatoms. The van der Waals surface area contributed by atoms with E-state index in [4.69, 9.17) is 24.3 Å². The molecule has 188 valence electrons. The van der Waals surface area contributed by atoms with E-state index < -0.39 is 17.7 Å². The molecule has 0 unspecified atom stereocenters. The number of hydrogen-bond donors (Lipinski definition) is 1. The van der Waals surface area contributed by atoms with E-state index in [2.05, 4.69) is 0 Å². The fraction of sp³-hybridized carbons (Fsp3) is 0.407. The molecule has 0 amide bonds. The lowest BCUT2D eigenvalue weighted by molar-refractivity contribution is -0.175. The van der Waals surface area contributed by atoms with Crippen molar-refractivity contribution < 1.29 is 28.9 Å². The number of aliphatic hydroxyl groups is 1. The van der Waals surface area contributed by atoms with Crippen LogP contribution in [0.2, 0.25) is 0 Å². The monoisotopic (exact) mass is 492 g/mol. The van der Waals surface area contributed by atoms with Crippen LogP contribution in [0, 0.1) is 0 Å². The highest BCUT2D eigenvalue weighted by Crippen LogP contribution is 2.41. The fourth-order valence-corrected chi connectivity index (χ4v) is 4.98. The molecule has 0 saturated carbocycles. The van der Waals surface area contributed by atoms with Crippen LogP contribution < -0.4 is 5.56 Å². The van der Waals surface area contributed by atoms with E-state index in [1.165, 1.54) is 0 Å². The fourth-order valence-electron chi connectivity index (χ4n) is 4.98. The van der Waals surface area contributed by atoms with Gasteiger partial charge in [-0.15, -0.1) is 0 Å². The van der Waals surface area contributed by atoms with E-state index in [1.807, 2.05) is 30.3 Å². The minimum absolute atomic E-state index is 0.0747. The topological polar surface area (TPSA) is 117 Å². The molecule has 5 rings (SSSR count). The lowest BCUT2D eigenvalue weighted by Gasteiger charge is -2.35. The van der Waals surface area contributed by atoms with Gasteiger partial charge in [0.05, 0.1) is 35.6 Å². The molecule has 9 nitrogen and oxygen atoms in total. The van der Waals surface area contributed by atoms with Crippen LogP contribution in [0.4, 0.5) is 4.79 Å². The van der Waals surface area contributed by atoms with Gasteiger partial charge in [-0.1, -0.05) is 31.5 Å². The van der Waals surface area contributed by atoms with Crippen molar-refractivity contribution in [2.45, 2.75) is 57.8 Å². The molecule has 2 aliphatic heterocycles. The Bertz CT molecular complexity index is 1400. The number of carbonyl (C=O) groups excluding carboxylic acids is 2. The summed E-state index contributed by atoms with van der Waals surface area (Å²) in [5, 5.41) is 9.83. The SMILES string of the molecule is CC[C@@]1(OC(=O)OCCCCCCO)C(=O)OCc2c1cc1n(c2=O)Cc2cc3ccccc3nc2-1. The second-order valence-electron chi connectivity index (χ2n) is 9.10. The summed E-state index contributed by atoms with van der Waals surface area (Å²) < 4.78 is 17.8. The quantitative estimate of drug-likeness (QED) is 0.292. The summed E-state index contributed by atoms with van der Waals surface area (Å²) in [7, 11) is 0. The van der Waals surface area contributed by atoms with Crippen molar-refractivity contribution in [1.29, 1.82) is 0 Å². The Morgan fingerprint density at radius 1 is 1.17 bits per heavy atom. The van der Waals surface area contributed by atoms with E-state index in [-0.39, 0.29) is 37.4 Å². The van der Waals surface area contributed by atoms with Gasteiger partial charge in [0.2, 0.25) is 5.60 Å². The van der Waals surface area contributed by atoms with Crippen LogP contribution in [0.1, 0.15) is 55.7 Å². The van der Waals surface area contributed by atoms with Crippen LogP contribution in [0.3, 0.4) is 0 Å². The van der Waals surface area contributed by atoms with E-state index in [0.717, 1.165) is 29.3 Å². The number of ether oxygens (including phenoxy) is 3. The molecule has 0 saturated heterocycles. The third-order valence-corrected chi connectivity index (χ3v) is 6.91. The summed E-state index contributed by atoms with van der Waals surface area (Å²) in [5.41, 5.74) is 1.48. The summed E-state index contributed by atoms with van der Waals surface area (Å²) >= 11 is 0. The van der Waals surface area contributed by atoms with E-state index in [9.17, 15) is 14.4 Å². The molecular weight excluding hydrogens is 464 g/mol. The number of aromatic nitrogens is 2. The van der Waals surface area contributed by atoms with Gasteiger partial charge in [0.1, 0.15) is 6.61 Å². The molecule has 1 N–H and O–H groups in total. The highest BCUT2D eigenvalue weighted by molar-refractivity contribution is 5.87. The smallest absolute Gasteiger partial charge is 0.457 e. The average molecular weight is 493 g/mol. The zero-order chi connectivity index (χ0) is 25.3. The second kappa shape index (κ2) is 9.73. The average Bonchev–Trinajstić information content (AvgIpc) is 3.24. The summed E-state index contributed by atoms with van der Waals surface area (Å²) in [6, 6.07) is 11.5. The minimum atomic E-state index is -1.78. The maximum atomic E-state index is 13.5. The molecule has 0 spiro atoms. The number of unbranched alkanes of at least 4 members (excludes halogenated alkanes) is 3. The molecule has 2 aromatic heterocycles. The number of aliphatic hydroxyl groups excluding tert-OH is 1. The van der Waals surface area contributed by atoms with Crippen LogP contribution >= 0.6 is 0 Å². The van der Waals surface area contributed by atoms with Crippen LogP contribution in [-0.4, -0.2) is 40.0 Å². The Morgan fingerprint density at radius 3 is 2.78 bits per heavy atom. The van der Waals surface area contributed by atoms with E-state index >= 15 is 0 Å². The van der Waals surface area contributed by atoms with Gasteiger partial charge in [0.25, 0.3) is 5.56 Å². The molecule has 1 aromatic carbocycles. The van der Waals surface area contributed by atoms with Crippen LogP contribution in [0.15, 0.2) is 41.2 Å². The number of rotatable bonds is 8. The van der Waals surface area contributed by atoms with Crippen molar-refractivity contribution >= 4 is 23.0 Å². The molecule has 0 fully saturated rings. The van der Waals surface area contributed by atoms with E-state index in [1.54, 1.807) is 17.6 Å². The number of esters is 1. The first kappa shape index (κ1) is 24.0. The second-order valence-corrected chi connectivity index (χ2v) is 9.10. The molecule has 2 aliphatic rings. The summed E-state index contributed by atoms with van der Waals surface area (Å²) in [4.78, 5) is 43.9. The van der Waals surface area contributed by atoms with Gasteiger partial charge in [-0.2, -0.15) is 0 Å². The first-order valence-corrected chi connectivity index (χ1v) is 12.3. The predicted octanol–water partition coefficient (Wildman–Crippen LogP) is 3.79. The zero-order valence-electron chi connectivity index (χ0n) is 20.1. The molecule has 0 radical (unpaired) electrons. The molecule has 3 aromatic rings. The van der Waals surface area contributed by atoms with Crippen molar-refractivity contribution in [3.8, 4) is 11.4 Å². The number of carbonyl (C=O) groups is 2. The van der Waals surface area contributed by atoms with Crippen molar-refractivity contribution in [2.75, 3.05) is 13.2 Å². The van der Waals surface area contributed by atoms with E-state index in [0.29, 0.717) is 36.3 Å². The Hall–Kier alpha value is -3.72. The molecule has 0 bridgehead atoms. The van der Waals surface area contributed by atoms with Gasteiger partial charge in [0, 0.05) is 23.1 Å². The van der Waals surface area contributed by atoms with Gasteiger partial charge in [-0.3, -0.25) is 4.79 Å². The Labute approximate surface area is 207 Å². The van der Waals surface area contributed by atoms with Crippen molar-refractivity contribution in [2.24, 2.45) is 0 Å². The third kappa shape index (κ3) is 4.03. The normalized spacial score (nSPS) is 17.8. The van der Waals surface area contributed by atoms with Crippen molar-refractivity contribution in [3.63, 3.8) is 0 Å². The number of hydrogen-bond acceptors (Lipinski definition) is 8. The van der Waals surface area contributed by atoms with Crippen LogP contribution in [-0.2, 0) is 37.8 Å². The van der Waals surface area contributed by atoms with Gasteiger partial charge in [-0.05, 0) is 43.9 Å². The van der Waals surface area contributed by atoms with Crippen LogP contribution in [0.25, 0.3) is 22.3 Å². The Morgan fingerprint density at radius 2 is 1.97 bits per heavy atom. The molecule has 1 atom stereocenters. The molecule has 4 heterocycles. The summed E-state index contributed by atoms with van der Waals surface area (Å²) in [5.74, 6) is -0.730. The minimum Gasteiger partial charge on any atom is -0.457 e. The molecular formula is C27H28N2O7. The largest absolute Gasteiger partial charge is 0.509 e. The number of benzene rings is 1. The number of nitrogens with zero attached hydrogens (tertiary/aromatic N) is 2. The zero-order valence-corrected chi connectivity index (χ0v) is 20.1. The number of pyridine rings is 2. The molecule has 36 heavy (non-hydrogen) atoms. The van der Waals surface area contributed by atoms with Gasteiger partial charge in [-0.25, -0.2) is 14.6 Å². The summed E-state index contributed by atoms with van der Waals surface area (Å²) in [6.07, 6.45) is 2.01. The molecule has 0 aliphatic carbocycles. The highest BCUT2D eigenvalue weighted by atomic mass is 16.7. The third-order valence-electron chi connectivity index (χ3n) is 6.91. The number of para-hydroxylation sites is 1. The van der Waals surface area contributed by atoms with Crippen molar-refractivity contribution in [1.82, 2.24) is 9.55 Å². The lowest BCUT2D eigenvalue weighted by atomic mass is 9.85. The first-order valence-electron chi connectivity index (χ1n) is 12.3. The predicted molar refractivity (Wildman–Crippen MR) is 130 cm³/mol. The van der Waals surface area contributed by atoms with Gasteiger partial charge >= 0.3 is 12.1 Å². The number of fused-ring (bicyclic) bond motifs is 5. The maximum absolute atomic E-state index is 13.5. The first-order chi connectivity index (χ1) is 17.5. The highest BCUT2D eigenvalue weighted by Gasteiger charge is 2.51. The standard InChI is InChI=1S/C27H28N2O7/c1-2-27(36-26(33)34-12-8-4-3-7-11-30)20-14-22-23-18(13-17-9-5-6-10-21(17)28-23)15-29(22)24(31)19(20)16-35-25(27)32/h5-6,9-10,13-14,30H,2-4,7-8,11-12,15-16H2,1H3/t27-/m0/s1. The lowest BCUT2D eigenvalue weighted by Crippen LogP contribution is -2.47. The number of cyclic esters (lactones) is 1. The van der Waals surface area contributed by atoms with Crippen molar-refractivity contribution in [3.05, 3.63) is 63.4 Å². The maximum Gasteiger partial charge on any atom is 0.509 e. The van der Waals surface area contributed by atoms with Crippen LogP contribution in [0.5, 0.6) is 0 Å². The Balaban J connectivity index is 1.49. The van der Waals surface area contributed by atoms with Gasteiger partial charge < -0.3 is 23.9 Å². The summed E-state index contributed by atoms with van der Waals surface area (Å²) in [6.45, 7) is 2.13. The van der Waals surface area contributed by atoms with Gasteiger partial charge in [0.15, 0.2) is 0 Å².